The first-order valence-electron chi connectivity index (χ1n) is 9.56. The van der Waals surface area contributed by atoms with Crippen molar-refractivity contribution in [1.82, 2.24) is 9.80 Å². The Balaban J connectivity index is 1.59. The van der Waals surface area contributed by atoms with E-state index in [-0.39, 0.29) is 23.3 Å². The second kappa shape index (κ2) is 9.32. The number of piperazine rings is 1. The van der Waals surface area contributed by atoms with E-state index in [2.05, 4.69) is 15.9 Å². The molecule has 4 nitrogen and oxygen atoms in total. The van der Waals surface area contributed by atoms with Crippen LogP contribution in [0, 0.1) is 11.7 Å². The molecule has 0 bridgehead atoms. The van der Waals surface area contributed by atoms with Crippen molar-refractivity contribution in [3.05, 3.63) is 69.9 Å². The second-order valence-corrected chi connectivity index (χ2v) is 7.95. The number of nitrogens with zero attached hydrogens (tertiary/aromatic N) is 2. The van der Waals surface area contributed by atoms with Crippen molar-refractivity contribution in [3.63, 3.8) is 0 Å². The average molecular weight is 447 g/mol. The molecule has 2 amide bonds. The van der Waals surface area contributed by atoms with E-state index in [1.54, 1.807) is 17.0 Å². The molecule has 1 saturated heterocycles. The Hall–Kier alpha value is -2.21. The molecular formula is C22H24BrFN2O2. The normalized spacial score (nSPS) is 15.4. The van der Waals surface area contributed by atoms with Crippen molar-refractivity contribution in [2.24, 2.45) is 5.92 Å². The number of rotatable bonds is 5. The van der Waals surface area contributed by atoms with Gasteiger partial charge in [0.05, 0.1) is 5.56 Å². The van der Waals surface area contributed by atoms with Crippen molar-refractivity contribution in [2.75, 3.05) is 26.2 Å². The fourth-order valence-electron chi connectivity index (χ4n) is 3.55. The molecule has 2 aromatic rings. The van der Waals surface area contributed by atoms with Crippen molar-refractivity contribution < 1.29 is 14.0 Å². The van der Waals surface area contributed by atoms with E-state index in [0.29, 0.717) is 32.6 Å². The summed E-state index contributed by atoms with van der Waals surface area (Å²) in [6, 6.07) is 14.0. The maximum absolute atomic E-state index is 13.9. The van der Waals surface area contributed by atoms with Crippen molar-refractivity contribution in [3.8, 4) is 0 Å². The van der Waals surface area contributed by atoms with Gasteiger partial charge in [-0.2, -0.15) is 0 Å². The highest BCUT2D eigenvalue weighted by Crippen LogP contribution is 2.20. The van der Waals surface area contributed by atoms with Crippen molar-refractivity contribution >= 4 is 27.7 Å². The van der Waals surface area contributed by atoms with Gasteiger partial charge >= 0.3 is 0 Å². The van der Waals surface area contributed by atoms with Gasteiger partial charge < -0.3 is 9.80 Å². The van der Waals surface area contributed by atoms with Gasteiger partial charge in [-0.25, -0.2) is 4.39 Å². The van der Waals surface area contributed by atoms with Crippen LogP contribution >= 0.6 is 15.9 Å². The van der Waals surface area contributed by atoms with Crippen LogP contribution in [0.3, 0.4) is 0 Å². The lowest BCUT2D eigenvalue weighted by molar-refractivity contribution is -0.137. The zero-order chi connectivity index (χ0) is 20.1. The molecule has 0 radical (unpaired) electrons. The zero-order valence-corrected chi connectivity index (χ0v) is 17.5. The Morgan fingerprint density at radius 3 is 2.36 bits per heavy atom. The number of carbonyl (C=O) groups excluding carboxylic acids is 2. The van der Waals surface area contributed by atoms with Crippen molar-refractivity contribution in [1.29, 1.82) is 0 Å². The fraction of sp³-hybridized carbons (Fsp3) is 0.364. The minimum atomic E-state index is -0.508. The smallest absolute Gasteiger partial charge is 0.256 e. The largest absolute Gasteiger partial charge is 0.339 e. The van der Waals surface area contributed by atoms with E-state index in [1.807, 2.05) is 36.1 Å². The van der Waals surface area contributed by atoms with Crippen LogP contribution in [0.1, 0.15) is 29.3 Å². The lowest BCUT2D eigenvalue weighted by Crippen LogP contribution is -2.52. The van der Waals surface area contributed by atoms with Gasteiger partial charge in [-0.15, -0.1) is 0 Å². The molecule has 0 N–H and O–H groups in total. The number of amides is 2. The molecule has 1 aliphatic rings. The lowest BCUT2D eigenvalue weighted by Gasteiger charge is -2.36. The predicted octanol–water partition coefficient (Wildman–Crippen LogP) is 4.14. The van der Waals surface area contributed by atoms with Gasteiger partial charge in [-0.05, 0) is 42.7 Å². The summed E-state index contributed by atoms with van der Waals surface area (Å²) in [4.78, 5) is 29.0. The van der Waals surface area contributed by atoms with Crippen LogP contribution in [0.2, 0.25) is 0 Å². The van der Waals surface area contributed by atoms with Crippen LogP contribution in [-0.2, 0) is 11.2 Å². The van der Waals surface area contributed by atoms with E-state index in [1.165, 1.54) is 12.1 Å². The molecule has 1 aliphatic heterocycles. The molecule has 0 aliphatic carbocycles. The minimum absolute atomic E-state index is 0.0804. The van der Waals surface area contributed by atoms with E-state index >= 15 is 0 Å². The second-order valence-electron chi connectivity index (χ2n) is 7.04. The molecule has 0 spiro atoms. The number of hydrogen-bond donors (Lipinski definition) is 0. The maximum atomic E-state index is 13.9. The van der Waals surface area contributed by atoms with Gasteiger partial charge in [0.1, 0.15) is 5.82 Å². The van der Waals surface area contributed by atoms with Gasteiger partial charge in [-0.3, -0.25) is 9.59 Å². The molecule has 1 fully saturated rings. The molecule has 1 atom stereocenters. The van der Waals surface area contributed by atoms with Gasteiger partial charge in [-0.1, -0.05) is 47.1 Å². The van der Waals surface area contributed by atoms with Crippen LogP contribution in [-0.4, -0.2) is 47.8 Å². The quantitative estimate of drug-likeness (QED) is 0.692. The molecule has 3 rings (SSSR count). The summed E-state index contributed by atoms with van der Waals surface area (Å²) in [6.45, 7) is 3.83. The van der Waals surface area contributed by atoms with E-state index < -0.39 is 5.82 Å². The lowest BCUT2D eigenvalue weighted by atomic mass is 9.95. The maximum Gasteiger partial charge on any atom is 0.256 e. The minimum Gasteiger partial charge on any atom is -0.339 e. The van der Waals surface area contributed by atoms with E-state index in [4.69, 9.17) is 0 Å². The molecular weight excluding hydrogens is 423 g/mol. The molecule has 0 aromatic heterocycles. The predicted molar refractivity (Wildman–Crippen MR) is 111 cm³/mol. The summed E-state index contributed by atoms with van der Waals surface area (Å²) in [6.07, 6.45) is 1.46. The zero-order valence-electron chi connectivity index (χ0n) is 15.9. The van der Waals surface area contributed by atoms with Crippen molar-refractivity contribution in [2.45, 2.75) is 19.8 Å². The Morgan fingerprint density at radius 1 is 1.04 bits per heavy atom. The summed E-state index contributed by atoms with van der Waals surface area (Å²) < 4.78 is 14.9. The Labute approximate surface area is 173 Å². The number of benzene rings is 2. The highest BCUT2D eigenvalue weighted by atomic mass is 79.9. The standard InChI is InChI=1S/C22H24BrFN2O2/c1-2-17(14-16-6-5-7-18(23)15-16)21(27)25-10-12-26(13-11-25)22(28)19-8-3-4-9-20(19)24/h3-9,15,17H,2,10-14H2,1H3. The highest BCUT2D eigenvalue weighted by Gasteiger charge is 2.29. The Bertz CT molecular complexity index is 850. The van der Waals surface area contributed by atoms with Gasteiger partial charge in [0, 0.05) is 36.6 Å². The van der Waals surface area contributed by atoms with Crippen LogP contribution < -0.4 is 0 Å². The molecule has 2 aromatic carbocycles. The number of hydrogen-bond acceptors (Lipinski definition) is 2. The third kappa shape index (κ3) is 4.79. The third-order valence-electron chi connectivity index (χ3n) is 5.20. The Morgan fingerprint density at radius 2 is 1.71 bits per heavy atom. The summed E-state index contributed by atoms with van der Waals surface area (Å²) in [5.74, 6) is -0.777. The van der Waals surface area contributed by atoms with Crippen LogP contribution in [0.5, 0.6) is 0 Å². The summed E-state index contributed by atoms with van der Waals surface area (Å²) in [5, 5.41) is 0. The van der Waals surface area contributed by atoms with Gasteiger partial charge in [0.15, 0.2) is 0 Å². The van der Waals surface area contributed by atoms with E-state index in [9.17, 15) is 14.0 Å². The topological polar surface area (TPSA) is 40.6 Å². The number of carbonyl (C=O) groups is 2. The number of halogens is 2. The van der Waals surface area contributed by atoms with Gasteiger partial charge in [0.25, 0.3) is 5.91 Å². The molecule has 1 unspecified atom stereocenters. The Kier molecular flexibility index (Phi) is 6.83. The van der Waals surface area contributed by atoms with Crippen LogP contribution in [0.4, 0.5) is 4.39 Å². The fourth-order valence-corrected chi connectivity index (χ4v) is 3.99. The summed E-state index contributed by atoms with van der Waals surface area (Å²) in [5.41, 5.74) is 1.21. The SMILES string of the molecule is CCC(Cc1cccc(Br)c1)C(=O)N1CCN(C(=O)c2ccccc2F)CC1. The summed E-state index contributed by atoms with van der Waals surface area (Å²) >= 11 is 3.47. The first kappa shape index (κ1) is 20.5. The molecule has 28 heavy (non-hydrogen) atoms. The first-order valence-corrected chi connectivity index (χ1v) is 10.4. The van der Waals surface area contributed by atoms with Gasteiger partial charge in [0.2, 0.25) is 5.91 Å². The van der Waals surface area contributed by atoms with Crippen LogP contribution in [0.15, 0.2) is 53.0 Å². The summed E-state index contributed by atoms with van der Waals surface area (Å²) in [7, 11) is 0. The molecule has 148 valence electrons. The first-order chi connectivity index (χ1) is 13.5. The highest BCUT2D eigenvalue weighted by molar-refractivity contribution is 9.10. The van der Waals surface area contributed by atoms with Crippen LogP contribution in [0.25, 0.3) is 0 Å². The average Bonchev–Trinajstić information content (AvgIpc) is 2.71. The molecule has 1 heterocycles. The third-order valence-corrected chi connectivity index (χ3v) is 5.69. The van der Waals surface area contributed by atoms with E-state index in [0.717, 1.165) is 16.5 Å². The molecule has 0 saturated carbocycles. The molecule has 6 heteroatoms. The monoisotopic (exact) mass is 446 g/mol.